The fraction of sp³-hybridized carbons (Fsp3) is 0.318. The van der Waals surface area contributed by atoms with Crippen molar-refractivity contribution >= 4 is 17.5 Å². The molecule has 142 valence electrons. The van der Waals surface area contributed by atoms with Gasteiger partial charge in [-0.1, -0.05) is 44.2 Å². The van der Waals surface area contributed by atoms with Gasteiger partial charge in [0.1, 0.15) is 11.7 Å². The number of ether oxygens (including phenoxy) is 1. The summed E-state index contributed by atoms with van der Waals surface area (Å²) in [6.45, 7) is 5.11. The molecule has 0 aliphatic rings. The van der Waals surface area contributed by atoms with E-state index in [0.29, 0.717) is 5.56 Å². The Kier molecular flexibility index (Phi) is 6.99. The molecule has 0 aliphatic heterocycles. The Hall–Kier alpha value is -2.82. The molecule has 2 unspecified atom stereocenters. The molecule has 4 nitrogen and oxygen atoms in total. The van der Waals surface area contributed by atoms with E-state index in [4.69, 9.17) is 4.74 Å². The fourth-order valence-electron chi connectivity index (χ4n) is 2.96. The van der Waals surface area contributed by atoms with Gasteiger partial charge in [-0.3, -0.25) is 14.4 Å². The molecule has 0 heterocycles. The molecule has 0 aliphatic carbocycles. The van der Waals surface area contributed by atoms with Gasteiger partial charge < -0.3 is 4.74 Å². The standard InChI is InChI=1S/C22H23FO4/c1-4-27-22(26)19(20(24)14(2)3)18(15-8-6-5-7-9-15)21(25)16-10-12-17(23)13-11-16/h5-14,18-19H,4H2,1-3H3. The van der Waals surface area contributed by atoms with Crippen molar-refractivity contribution in [3.8, 4) is 0 Å². The van der Waals surface area contributed by atoms with Gasteiger partial charge in [0, 0.05) is 11.5 Å². The lowest BCUT2D eigenvalue weighted by Crippen LogP contribution is -2.38. The molecule has 0 radical (unpaired) electrons. The van der Waals surface area contributed by atoms with Gasteiger partial charge in [-0.2, -0.15) is 0 Å². The molecule has 0 saturated carbocycles. The summed E-state index contributed by atoms with van der Waals surface area (Å²) < 4.78 is 18.4. The number of benzene rings is 2. The third-order valence-corrected chi connectivity index (χ3v) is 4.32. The Balaban J connectivity index is 2.58. The highest BCUT2D eigenvalue weighted by Crippen LogP contribution is 2.32. The Morgan fingerprint density at radius 3 is 2.07 bits per heavy atom. The van der Waals surface area contributed by atoms with Gasteiger partial charge in [-0.05, 0) is 36.8 Å². The minimum atomic E-state index is -1.26. The van der Waals surface area contributed by atoms with Crippen molar-refractivity contribution in [3.63, 3.8) is 0 Å². The van der Waals surface area contributed by atoms with Gasteiger partial charge in [0.25, 0.3) is 0 Å². The Labute approximate surface area is 158 Å². The Morgan fingerprint density at radius 1 is 0.963 bits per heavy atom. The number of rotatable bonds is 8. The Bertz CT molecular complexity index is 797. The molecule has 0 amide bonds. The number of hydrogen-bond donors (Lipinski definition) is 0. The van der Waals surface area contributed by atoms with E-state index >= 15 is 0 Å². The van der Waals surface area contributed by atoms with Crippen LogP contribution in [-0.2, 0) is 14.3 Å². The van der Waals surface area contributed by atoms with Crippen LogP contribution in [0.5, 0.6) is 0 Å². The molecule has 2 atom stereocenters. The van der Waals surface area contributed by atoms with Crippen molar-refractivity contribution in [1.82, 2.24) is 0 Å². The second-order valence-electron chi connectivity index (χ2n) is 6.55. The summed E-state index contributed by atoms with van der Waals surface area (Å²) in [5.41, 5.74) is 0.773. The molecule has 2 aromatic carbocycles. The molecular formula is C22H23FO4. The number of ketones is 2. The maximum atomic E-state index is 13.3. The lowest BCUT2D eigenvalue weighted by atomic mass is 9.76. The SMILES string of the molecule is CCOC(=O)C(C(=O)C(C)C)C(C(=O)c1ccc(F)cc1)c1ccccc1. The van der Waals surface area contributed by atoms with Crippen molar-refractivity contribution in [2.75, 3.05) is 6.61 Å². The largest absolute Gasteiger partial charge is 0.465 e. The van der Waals surface area contributed by atoms with Gasteiger partial charge in [-0.25, -0.2) is 4.39 Å². The summed E-state index contributed by atoms with van der Waals surface area (Å²) in [6.07, 6.45) is 0. The van der Waals surface area contributed by atoms with Crippen LogP contribution < -0.4 is 0 Å². The number of esters is 1. The molecule has 0 saturated heterocycles. The van der Waals surface area contributed by atoms with Gasteiger partial charge in [-0.15, -0.1) is 0 Å². The molecule has 0 spiro atoms. The van der Waals surface area contributed by atoms with Crippen LogP contribution in [0.4, 0.5) is 4.39 Å². The zero-order valence-electron chi connectivity index (χ0n) is 15.6. The lowest BCUT2D eigenvalue weighted by Gasteiger charge is -2.25. The summed E-state index contributed by atoms with van der Waals surface area (Å²) in [4.78, 5) is 38.7. The zero-order chi connectivity index (χ0) is 20.0. The van der Waals surface area contributed by atoms with Crippen LogP contribution in [0.25, 0.3) is 0 Å². The summed E-state index contributed by atoms with van der Waals surface area (Å²) >= 11 is 0. The molecular weight excluding hydrogens is 347 g/mol. The number of carbonyl (C=O) groups excluding carboxylic acids is 3. The molecule has 0 fully saturated rings. The highest BCUT2D eigenvalue weighted by atomic mass is 19.1. The second kappa shape index (κ2) is 9.21. The number of carbonyl (C=O) groups is 3. The predicted molar refractivity (Wildman–Crippen MR) is 99.9 cm³/mol. The van der Waals surface area contributed by atoms with Crippen LogP contribution in [0, 0.1) is 17.7 Å². The fourth-order valence-corrected chi connectivity index (χ4v) is 2.96. The summed E-state index contributed by atoms with van der Waals surface area (Å²) in [7, 11) is 0. The molecule has 5 heteroatoms. The lowest BCUT2D eigenvalue weighted by molar-refractivity contribution is -0.153. The van der Waals surface area contributed by atoms with E-state index in [0.717, 1.165) is 0 Å². The smallest absolute Gasteiger partial charge is 0.317 e. The first-order valence-corrected chi connectivity index (χ1v) is 8.91. The highest BCUT2D eigenvalue weighted by molar-refractivity contribution is 6.10. The maximum absolute atomic E-state index is 13.3. The van der Waals surface area contributed by atoms with Crippen molar-refractivity contribution in [3.05, 3.63) is 71.5 Å². The predicted octanol–water partition coefficient (Wildman–Crippen LogP) is 4.20. The molecule has 0 N–H and O–H groups in total. The van der Waals surface area contributed by atoms with E-state index in [1.165, 1.54) is 24.3 Å². The van der Waals surface area contributed by atoms with Gasteiger partial charge in [0.15, 0.2) is 11.6 Å². The van der Waals surface area contributed by atoms with Crippen LogP contribution >= 0.6 is 0 Å². The summed E-state index contributed by atoms with van der Waals surface area (Å²) in [6, 6.07) is 13.7. The first-order valence-electron chi connectivity index (χ1n) is 8.91. The molecule has 0 bridgehead atoms. The maximum Gasteiger partial charge on any atom is 0.317 e. The molecule has 2 rings (SSSR count). The summed E-state index contributed by atoms with van der Waals surface area (Å²) in [5.74, 6) is -4.73. The van der Waals surface area contributed by atoms with Gasteiger partial charge in [0.05, 0.1) is 12.5 Å². The van der Waals surface area contributed by atoms with Crippen LogP contribution in [0.2, 0.25) is 0 Å². The summed E-state index contributed by atoms with van der Waals surface area (Å²) in [5, 5.41) is 0. The average molecular weight is 370 g/mol. The van der Waals surface area contributed by atoms with Crippen molar-refractivity contribution in [1.29, 1.82) is 0 Å². The first kappa shape index (κ1) is 20.5. The third-order valence-electron chi connectivity index (χ3n) is 4.32. The van der Waals surface area contributed by atoms with E-state index in [-0.39, 0.29) is 18.0 Å². The highest BCUT2D eigenvalue weighted by Gasteiger charge is 2.42. The molecule has 2 aromatic rings. The van der Waals surface area contributed by atoms with Crippen LogP contribution in [-0.4, -0.2) is 24.1 Å². The Morgan fingerprint density at radius 2 is 1.56 bits per heavy atom. The number of Topliss-reactive ketones (excluding diaryl/α,β-unsaturated/α-hetero) is 2. The van der Waals surface area contributed by atoms with E-state index in [2.05, 4.69) is 0 Å². The topological polar surface area (TPSA) is 60.4 Å². The average Bonchev–Trinajstić information content (AvgIpc) is 2.66. The third kappa shape index (κ3) is 4.88. The minimum absolute atomic E-state index is 0.104. The second-order valence-corrected chi connectivity index (χ2v) is 6.55. The van der Waals surface area contributed by atoms with E-state index in [9.17, 15) is 18.8 Å². The van der Waals surface area contributed by atoms with Crippen LogP contribution in [0.1, 0.15) is 42.6 Å². The van der Waals surface area contributed by atoms with E-state index in [1.807, 2.05) is 0 Å². The quantitative estimate of drug-likeness (QED) is 0.397. The first-order chi connectivity index (χ1) is 12.9. The normalized spacial score (nSPS) is 13.1. The van der Waals surface area contributed by atoms with Crippen molar-refractivity contribution in [2.45, 2.75) is 26.7 Å². The zero-order valence-corrected chi connectivity index (χ0v) is 15.6. The minimum Gasteiger partial charge on any atom is -0.465 e. The van der Waals surface area contributed by atoms with Crippen LogP contribution in [0.15, 0.2) is 54.6 Å². The van der Waals surface area contributed by atoms with Gasteiger partial charge in [0.2, 0.25) is 0 Å². The molecule has 0 aromatic heterocycles. The number of hydrogen-bond acceptors (Lipinski definition) is 4. The molecule has 27 heavy (non-hydrogen) atoms. The van der Waals surface area contributed by atoms with Crippen molar-refractivity contribution < 1.29 is 23.5 Å². The van der Waals surface area contributed by atoms with E-state index < -0.39 is 35.3 Å². The van der Waals surface area contributed by atoms with Crippen LogP contribution in [0.3, 0.4) is 0 Å². The van der Waals surface area contributed by atoms with Gasteiger partial charge >= 0.3 is 5.97 Å². The van der Waals surface area contributed by atoms with Crippen molar-refractivity contribution in [2.24, 2.45) is 11.8 Å². The number of halogens is 1. The van der Waals surface area contributed by atoms with E-state index in [1.54, 1.807) is 51.1 Å². The monoisotopic (exact) mass is 370 g/mol.